The molecule has 0 atom stereocenters. The predicted octanol–water partition coefficient (Wildman–Crippen LogP) is 1.21. The molecule has 0 aliphatic heterocycles. The molecule has 1 aromatic rings. The summed E-state index contributed by atoms with van der Waals surface area (Å²) in [6.07, 6.45) is 4.10. The van der Waals surface area contributed by atoms with Crippen LogP contribution < -0.4 is 4.72 Å². The summed E-state index contributed by atoms with van der Waals surface area (Å²) in [7, 11) is -3.48. The van der Waals surface area contributed by atoms with Crippen molar-refractivity contribution in [3.63, 3.8) is 0 Å². The van der Waals surface area contributed by atoms with Gasteiger partial charge in [0.05, 0.1) is 12.4 Å². The molecule has 0 saturated heterocycles. The Balaban J connectivity index is 2.73. The van der Waals surface area contributed by atoms with E-state index in [-0.39, 0.29) is 10.2 Å². The van der Waals surface area contributed by atoms with Crippen molar-refractivity contribution in [2.24, 2.45) is 0 Å². The maximum Gasteiger partial charge on any atom is 0.243 e. The third-order valence-corrected chi connectivity index (χ3v) is 3.34. The minimum absolute atomic E-state index is 0.0301. The first-order chi connectivity index (χ1) is 7.06. The van der Waals surface area contributed by atoms with E-state index in [0.717, 1.165) is 12.8 Å². The van der Waals surface area contributed by atoms with Crippen LogP contribution >= 0.6 is 11.6 Å². The molecule has 1 N–H and O–H groups in total. The van der Waals surface area contributed by atoms with Crippen LogP contribution in [0.4, 0.5) is 0 Å². The lowest BCUT2D eigenvalue weighted by Crippen LogP contribution is -2.24. The van der Waals surface area contributed by atoms with Crippen molar-refractivity contribution in [1.29, 1.82) is 0 Å². The standard InChI is InChI=1S/C8H12ClN3O2S/c1-2-3-4-12-15(13,14)7-5-10-8(9)11-6-7/h5-6,12H,2-4H2,1H3. The monoisotopic (exact) mass is 249 g/mol. The number of halogens is 1. The number of sulfonamides is 1. The number of unbranched alkanes of at least 4 members (excludes halogenated alkanes) is 1. The fraction of sp³-hybridized carbons (Fsp3) is 0.500. The van der Waals surface area contributed by atoms with Gasteiger partial charge in [-0.25, -0.2) is 23.1 Å². The van der Waals surface area contributed by atoms with Crippen molar-refractivity contribution < 1.29 is 8.42 Å². The number of rotatable bonds is 5. The van der Waals surface area contributed by atoms with Gasteiger partial charge in [-0.05, 0) is 18.0 Å². The first-order valence-electron chi connectivity index (χ1n) is 4.53. The van der Waals surface area contributed by atoms with Gasteiger partial charge in [0.25, 0.3) is 0 Å². The van der Waals surface area contributed by atoms with Crippen LogP contribution in [-0.4, -0.2) is 24.9 Å². The highest BCUT2D eigenvalue weighted by atomic mass is 35.5. The summed E-state index contributed by atoms with van der Waals surface area (Å²) >= 11 is 5.45. The van der Waals surface area contributed by atoms with Gasteiger partial charge < -0.3 is 0 Å². The molecule has 0 spiro atoms. The molecule has 0 bridgehead atoms. The molecule has 7 heteroatoms. The average Bonchev–Trinajstić information content (AvgIpc) is 2.18. The number of nitrogens with zero attached hydrogens (tertiary/aromatic N) is 2. The SMILES string of the molecule is CCCCNS(=O)(=O)c1cnc(Cl)nc1. The summed E-state index contributed by atoms with van der Waals surface area (Å²) < 4.78 is 25.6. The Labute approximate surface area is 93.9 Å². The molecular weight excluding hydrogens is 238 g/mol. The van der Waals surface area contributed by atoms with Gasteiger partial charge in [-0.15, -0.1) is 0 Å². The Morgan fingerprint density at radius 3 is 2.53 bits per heavy atom. The second-order valence-corrected chi connectivity index (χ2v) is 5.04. The average molecular weight is 250 g/mol. The van der Waals surface area contributed by atoms with E-state index in [1.807, 2.05) is 6.92 Å². The largest absolute Gasteiger partial charge is 0.243 e. The van der Waals surface area contributed by atoms with Crippen molar-refractivity contribution in [3.8, 4) is 0 Å². The molecule has 0 amide bonds. The quantitative estimate of drug-likeness (QED) is 0.629. The maximum absolute atomic E-state index is 11.6. The minimum Gasteiger partial charge on any atom is -0.225 e. The zero-order chi connectivity index (χ0) is 11.3. The molecule has 0 saturated carbocycles. The fourth-order valence-electron chi connectivity index (χ4n) is 0.906. The van der Waals surface area contributed by atoms with Crippen molar-refractivity contribution >= 4 is 21.6 Å². The van der Waals surface area contributed by atoms with Gasteiger partial charge in [-0.2, -0.15) is 0 Å². The number of hydrogen-bond acceptors (Lipinski definition) is 4. The van der Waals surface area contributed by atoms with Gasteiger partial charge in [-0.3, -0.25) is 0 Å². The molecule has 0 aromatic carbocycles. The van der Waals surface area contributed by atoms with E-state index in [1.165, 1.54) is 12.4 Å². The van der Waals surface area contributed by atoms with Gasteiger partial charge >= 0.3 is 0 Å². The van der Waals surface area contributed by atoms with E-state index < -0.39 is 10.0 Å². The molecule has 0 unspecified atom stereocenters. The van der Waals surface area contributed by atoms with Crippen LogP contribution in [0.2, 0.25) is 5.28 Å². The van der Waals surface area contributed by atoms with Gasteiger partial charge in [-0.1, -0.05) is 13.3 Å². The Bertz CT molecular complexity index is 404. The molecule has 0 aliphatic carbocycles. The van der Waals surface area contributed by atoms with E-state index in [0.29, 0.717) is 6.54 Å². The molecule has 0 fully saturated rings. The first kappa shape index (κ1) is 12.4. The van der Waals surface area contributed by atoms with Crippen molar-refractivity contribution in [2.45, 2.75) is 24.7 Å². The van der Waals surface area contributed by atoms with Crippen molar-refractivity contribution in [2.75, 3.05) is 6.54 Å². The highest BCUT2D eigenvalue weighted by molar-refractivity contribution is 7.89. The second-order valence-electron chi connectivity index (χ2n) is 2.94. The third kappa shape index (κ3) is 3.73. The topological polar surface area (TPSA) is 72.0 Å². The lowest BCUT2D eigenvalue weighted by atomic mass is 10.3. The highest BCUT2D eigenvalue weighted by Gasteiger charge is 2.13. The van der Waals surface area contributed by atoms with Crippen molar-refractivity contribution in [1.82, 2.24) is 14.7 Å². The number of hydrogen-bond donors (Lipinski definition) is 1. The molecule has 15 heavy (non-hydrogen) atoms. The Morgan fingerprint density at radius 2 is 2.00 bits per heavy atom. The Morgan fingerprint density at radius 1 is 1.40 bits per heavy atom. The van der Waals surface area contributed by atoms with Crippen LogP contribution in [0.5, 0.6) is 0 Å². The number of nitrogens with one attached hydrogen (secondary N) is 1. The molecule has 1 heterocycles. The Hall–Kier alpha value is -0.720. The van der Waals surface area contributed by atoms with E-state index in [1.54, 1.807) is 0 Å². The third-order valence-electron chi connectivity index (χ3n) is 1.73. The number of aromatic nitrogens is 2. The lowest BCUT2D eigenvalue weighted by molar-refractivity contribution is 0.577. The van der Waals surface area contributed by atoms with Gasteiger partial charge in [0, 0.05) is 6.54 Å². The first-order valence-corrected chi connectivity index (χ1v) is 6.39. The van der Waals surface area contributed by atoms with E-state index in [9.17, 15) is 8.42 Å². The second kappa shape index (κ2) is 5.39. The van der Waals surface area contributed by atoms with Crippen LogP contribution in [0.25, 0.3) is 0 Å². The summed E-state index contributed by atoms with van der Waals surface area (Å²) in [5, 5.41) is 0.0301. The van der Waals surface area contributed by atoms with Gasteiger partial charge in [0.15, 0.2) is 0 Å². The molecule has 0 radical (unpaired) electrons. The molecule has 0 aliphatic rings. The van der Waals surface area contributed by atoms with Crippen LogP contribution in [0.3, 0.4) is 0 Å². The highest BCUT2D eigenvalue weighted by Crippen LogP contribution is 2.07. The van der Waals surface area contributed by atoms with E-state index >= 15 is 0 Å². The van der Waals surface area contributed by atoms with Gasteiger partial charge in [0.2, 0.25) is 15.3 Å². The minimum atomic E-state index is -3.48. The summed E-state index contributed by atoms with van der Waals surface area (Å²) in [6.45, 7) is 2.40. The summed E-state index contributed by atoms with van der Waals surface area (Å²) in [4.78, 5) is 7.25. The molecule has 1 aromatic heterocycles. The molecule has 5 nitrogen and oxygen atoms in total. The van der Waals surface area contributed by atoms with E-state index in [2.05, 4.69) is 14.7 Å². The summed E-state index contributed by atoms with van der Waals surface area (Å²) in [6, 6.07) is 0. The van der Waals surface area contributed by atoms with E-state index in [4.69, 9.17) is 11.6 Å². The summed E-state index contributed by atoms with van der Waals surface area (Å²) in [5.41, 5.74) is 0. The zero-order valence-electron chi connectivity index (χ0n) is 8.27. The Kier molecular flexibility index (Phi) is 4.44. The molecular formula is C8H12ClN3O2S. The zero-order valence-corrected chi connectivity index (χ0v) is 9.85. The van der Waals surface area contributed by atoms with Crippen molar-refractivity contribution in [3.05, 3.63) is 17.7 Å². The van der Waals surface area contributed by atoms with Crippen LogP contribution in [-0.2, 0) is 10.0 Å². The fourth-order valence-corrected chi connectivity index (χ4v) is 1.97. The lowest BCUT2D eigenvalue weighted by Gasteiger charge is -2.04. The molecule has 1 rings (SSSR count). The van der Waals surface area contributed by atoms with Crippen LogP contribution in [0.15, 0.2) is 17.3 Å². The van der Waals surface area contributed by atoms with Gasteiger partial charge in [0.1, 0.15) is 4.90 Å². The summed E-state index contributed by atoms with van der Waals surface area (Å²) in [5.74, 6) is 0. The maximum atomic E-state index is 11.6. The van der Waals surface area contributed by atoms with Crippen LogP contribution in [0, 0.1) is 0 Å². The predicted molar refractivity (Wildman–Crippen MR) is 57.1 cm³/mol. The smallest absolute Gasteiger partial charge is 0.225 e. The normalized spacial score (nSPS) is 11.6. The van der Waals surface area contributed by atoms with Crippen LogP contribution in [0.1, 0.15) is 19.8 Å². The molecule has 84 valence electrons.